The first-order valence-corrected chi connectivity index (χ1v) is 11.0. The molecule has 2 aromatic rings. The number of methoxy groups -OCH3 is 1. The fourth-order valence-corrected chi connectivity index (χ4v) is 4.57. The minimum atomic E-state index is -0.883. The lowest BCUT2D eigenvalue weighted by molar-refractivity contribution is -0.138. The van der Waals surface area contributed by atoms with Gasteiger partial charge in [0.05, 0.1) is 30.5 Å². The molecule has 2 aromatic carbocycles. The molecular weight excluding hydrogens is 448 g/mol. The van der Waals surface area contributed by atoms with Gasteiger partial charge in [0.1, 0.15) is 23.1 Å². The van der Waals surface area contributed by atoms with Crippen molar-refractivity contribution in [1.29, 1.82) is 5.26 Å². The predicted octanol–water partition coefficient (Wildman–Crippen LogP) is 4.30. The highest BCUT2D eigenvalue weighted by Crippen LogP contribution is 2.51. The van der Waals surface area contributed by atoms with Gasteiger partial charge in [-0.2, -0.15) is 5.26 Å². The van der Waals surface area contributed by atoms with Crippen molar-refractivity contribution in [1.82, 2.24) is 0 Å². The third-order valence-electron chi connectivity index (χ3n) is 5.94. The molecule has 0 radical (unpaired) electrons. The van der Waals surface area contributed by atoms with Crippen molar-refractivity contribution >= 4 is 34.7 Å². The van der Waals surface area contributed by atoms with Crippen LogP contribution < -0.4 is 14.4 Å². The van der Waals surface area contributed by atoms with Gasteiger partial charge in [0.25, 0.3) is 5.91 Å². The van der Waals surface area contributed by atoms with Crippen LogP contribution in [0.4, 0.5) is 5.69 Å². The average Bonchev–Trinajstić information content (AvgIpc) is 3.11. The van der Waals surface area contributed by atoms with Crippen LogP contribution in [0.1, 0.15) is 49.2 Å². The van der Waals surface area contributed by atoms with E-state index in [0.29, 0.717) is 22.6 Å². The number of anilines is 1. The molecule has 0 unspecified atom stereocenters. The summed E-state index contributed by atoms with van der Waals surface area (Å²) in [4.78, 5) is 40.7. The van der Waals surface area contributed by atoms with E-state index in [1.807, 2.05) is 32.9 Å². The number of nitriles is 1. The number of hydrogen-bond donors (Lipinski definition) is 0. The maximum atomic E-state index is 13.6. The highest BCUT2D eigenvalue weighted by Gasteiger charge is 2.47. The smallest absolute Gasteiger partial charge is 0.349 e. The zero-order valence-corrected chi connectivity index (χ0v) is 20.1. The van der Waals surface area contributed by atoms with Crippen molar-refractivity contribution < 1.29 is 28.6 Å². The summed E-state index contributed by atoms with van der Waals surface area (Å²) in [6, 6.07) is 11.7. The van der Waals surface area contributed by atoms with E-state index in [0.717, 1.165) is 5.57 Å². The number of amides is 1. The lowest BCUT2D eigenvalue weighted by Crippen LogP contribution is -2.46. The van der Waals surface area contributed by atoms with E-state index in [1.165, 1.54) is 13.2 Å². The zero-order chi connectivity index (χ0) is 25.5. The summed E-state index contributed by atoms with van der Waals surface area (Å²) < 4.78 is 16.0. The summed E-state index contributed by atoms with van der Waals surface area (Å²) >= 11 is 0. The molecule has 8 nitrogen and oxygen atoms in total. The molecule has 0 saturated carbocycles. The van der Waals surface area contributed by atoms with Crippen LogP contribution in [-0.4, -0.2) is 37.1 Å². The number of carbonyl (C=O) groups is 3. The van der Waals surface area contributed by atoms with Crippen LogP contribution in [-0.2, 0) is 14.3 Å². The second-order valence-corrected chi connectivity index (χ2v) is 8.66. The van der Waals surface area contributed by atoms with Crippen molar-refractivity contribution in [2.75, 3.05) is 18.6 Å². The van der Waals surface area contributed by atoms with Crippen LogP contribution in [0.15, 0.2) is 48.0 Å². The van der Waals surface area contributed by atoms with Gasteiger partial charge in [-0.15, -0.1) is 0 Å². The van der Waals surface area contributed by atoms with Gasteiger partial charge in [0.2, 0.25) is 0 Å². The summed E-state index contributed by atoms with van der Waals surface area (Å²) in [6.07, 6.45) is 1.92. The van der Waals surface area contributed by atoms with Crippen molar-refractivity contribution in [3.05, 3.63) is 64.7 Å². The quantitative estimate of drug-likeness (QED) is 0.276. The second kappa shape index (κ2) is 8.76. The fraction of sp³-hybridized carbons (Fsp3) is 0.259. The van der Waals surface area contributed by atoms with E-state index in [-0.39, 0.29) is 23.5 Å². The number of carbonyl (C=O) groups excluding carboxylic acids is 3. The minimum absolute atomic E-state index is 0.0516. The summed E-state index contributed by atoms with van der Waals surface area (Å²) in [6.45, 7) is 7.30. The SMILES string of the molecule is CCOC(=O)/C(C#N)=C1\C(=O)N2c3c(cc(OC(=O)c4ccccc4OC)cc31)C(C)=CC2(C)C. The standard InChI is InChI=1S/C27H24N2O6/c1-6-34-25(31)20(14-28)22-19-12-16(35-26(32)17-9-7-8-10-21(17)33-5)11-18-15(2)13-27(3,4)29(23(18)19)24(22)30/h7-13H,6H2,1-5H3/b22-20-. The monoisotopic (exact) mass is 472 g/mol. The largest absolute Gasteiger partial charge is 0.496 e. The van der Waals surface area contributed by atoms with E-state index in [9.17, 15) is 19.6 Å². The van der Waals surface area contributed by atoms with E-state index in [2.05, 4.69) is 0 Å². The molecule has 0 bridgehead atoms. The second-order valence-electron chi connectivity index (χ2n) is 8.66. The van der Waals surface area contributed by atoms with Gasteiger partial charge in [0, 0.05) is 11.1 Å². The molecule has 0 fully saturated rings. The number of para-hydroxylation sites is 1. The first-order valence-electron chi connectivity index (χ1n) is 11.0. The molecule has 35 heavy (non-hydrogen) atoms. The topological polar surface area (TPSA) is 106 Å². The van der Waals surface area contributed by atoms with Crippen LogP contribution >= 0.6 is 0 Å². The van der Waals surface area contributed by atoms with E-state index >= 15 is 0 Å². The molecule has 0 atom stereocenters. The third kappa shape index (κ3) is 3.85. The molecule has 0 N–H and O–H groups in total. The van der Waals surface area contributed by atoms with Crippen molar-refractivity contribution in [3.63, 3.8) is 0 Å². The molecular formula is C27H24N2O6. The first-order chi connectivity index (χ1) is 16.6. The molecule has 8 heteroatoms. The molecule has 0 saturated heterocycles. The Labute approximate surface area is 203 Å². The Hall–Kier alpha value is -4.38. The molecule has 0 aromatic heterocycles. The van der Waals surface area contributed by atoms with Crippen LogP contribution in [0.2, 0.25) is 0 Å². The number of ether oxygens (including phenoxy) is 3. The van der Waals surface area contributed by atoms with Crippen LogP contribution in [0.5, 0.6) is 11.5 Å². The Morgan fingerprint density at radius 1 is 1.14 bits per heavy atom. The average molecular weight is 472 g/mol. The van der Waals surface area contributed by atoms with Crippen LogP contribution in [0.25, 0.3) is 11.1 Å². The number of nitrogens with zero attached hydrogens (tertiary/aromatic N) is 2. The first kappa shape index (κ1) is 23.8. The molecule has 0 spiro atoms. The Morgan fingerprint density at radius 2 is 1.83 bits per heavy atom. The van der Waals surface area contributed by atoms with Gasteiger partial charge >= 0.3 is 11.9 Å². The van der Waals surface area contributed by atoms with E-state index in [1.54, 1.807) is 42.2 Å². The highest BCUT2D eigenvalue weighted by molar-refractivity contribution is 6.38. The maximum Gasteiger partial charge on any atom is 0.349 e. The molecule has 1 amide bonds. The summed E-state index contributed by atoms with van der Waals surface area (Å²) in [7, 11) is 1.46. The number of benzene rings is 2. The number of rotatable bonds is 5. The number of hydrogen-bond acceptors (Lipinski definition) is 7. The zero-order valence-electron chi connectivity index (χ0n) is 20.1. The minimum Gasteiger partial charge on any atom is -0.496 e. The Balaban J connectivity index is 1.92. The maximum absolute atomic E-state index is 13.6. The van der Waals surface area contributed by atoms with E-state index in [4.69, 9.17) is 14.2 Å². The van der Waals surface area contributed by atoms with Gasteiger partial charge in [0.15, 0.2) is 5.57 Å². The molecule has 178 valence electrons. The molecule has 2 aliphatic rings. The van der Waals surface area contributed by atoms with E-state index < -0.39 is 29.0 Å². The van der Waals surface area contributed by atoms with Crippen LogP contribution in [0.3, 0.4) is 0 Å². The number of allylic oxidation sites excluding steroid dienone is 1. The van der Waals surface area contributed by atoms with Crippen LogP contribution in [0, 0.1) is 11.3 Å². The Morgan fingerprint density at radius 3 is 2.49 bits per heavy atom. The lowest BCUT2D eigenvalue weighted by Gasteiger charge is -2.38. The van der Waals surface area contributed by atoms with Gasteiger partial charge in [-0.05, 0) is 57.5 Å². The predicted molar refractivity (Wildman–Crippen MR) is 129 cm³/mol. The van der Waals surface area contributed by atoms with Crippen molar-refractivity contribution in [2.45, 2.75) is 33.2 Å². The molecule has 0 aliphatic carbocycles. The lowest BCUT2D eigenvalue weighted by atomic mass is 9.88. The van der Waals surface area contributed by atoms with Crippen molar-refractivity contribution in [2.24, 2.45) is 0 Å². The highest BCUT2D eigenvalue weighted by atomic mass is 16.5. The summed E-state index contributed by atoms with van der Waals surface area (Å²) in [5.41, 5.74) is 1.47. The van der Waals surface area contributed by atoms with Gasteiger partial charge in [-0.25, -0.2) is 9.59 Å². The fourth-order valence-electron chi connectivity index (χ4n) is 4.57. The van der Waals surface area contributed by atoms with Crippen molar-refractivity contribution in [3.8, 4) is 17.6 Å². The molecule has 2 aliphatic heterocycles. The third-order valence-corrected chi connectivity index (χ3v) is 5.94. The Kier molecular flexibility index (Phi) is 5.95. The summed E-state index contributed by atoms with van der Waals surface area (Å²) in [5.74, 6) is -1.51. The summed E-state index contributed by atoms with van der Waals surface area (Å²) in [5, 5.41) is 9.78. The van der Waals surface area contributed by atoms with Gasteiger partial charge in [-0.3, -0.25) is 9.69 Å². The normalized spacial score (nSPS) is 16.6. The Bertz CT molecular complexity index is 1380. The number of esters is 2. The van der Waals surface area contributed by atoms with Gasteiger partial charge < -0.3 is 14.2 Å². The van der Waals surface area contributed by atoms with Gasteiger partial charge in [-0.1, -0.05) is 18.2 Å². The molecule has 2 heterocycles. The molecule has 4 rings (SSSR count).